The van der Waals surface area contributed by atoms with E-state index in [0.29, 0.717) is 10.7 Å². The first-order valence-corrected chi connectivity index (χ1v) is 5.93. The highest BCUT2D eigenvalue weighted by Gasteiger charge is 2.13. The van der Waals surface area contributed by atoms with Crippen LogP contribution in [0.4, 0.5) is 10.1 Å². The van der Waals surface area contributed by atoms with Gasteiger partial charge >= 0.3 is 0 Å². The van der Waals surface area contributed by atoms with Crippen molar-refractivity contribution in [1.82, 2.24) is 0 Å². The Kier molecular flexibility index (Phi) is 4.02. The molecule has 4 heteroatoms. The molecule has 2 nitrogen and oxygen atoms in total. The second kappa shape index (κ2) is 5.51. The number of anilines is 1. The Bertz CT molecular complexity index is 351. The molecule has 0 saturated carbocycles. The fraction of sp³-hybridized carbons (Fsp3) is 0.500. The van der Waals surface area contributed by atoms with Crippen LogP contribution in [-0.2, 0) is 4.74 Å². The average molecular weight is 244 g/mol. The average Bonchev–Trinajstić information content (AvgIpc) is 2.51. The van der Waals surface area contributed by atoms with Gasteiger partial charge in [0.2, 0.25) is 0 Å². The summed E-state index contributed by atoms with van der Waals surface area (Å²) < 4.78 is 18.9. The van der Waals surface area contributed by atoms with Gasteiger partial charge in [-0.3, -0.25) is 0 Å². The van der Waals surface area contributed by atoms with Crippen LogP contribution in [0.15, 0.2) is 18.2 Å². The largest absolute Gasteiger partial charge is 0.381 e. The van der Waals surface area contributed by atoms with Crippen molar-refractivity contribution in [1.29, 1.82) is 0 Å². The van der Waals surface area contributed by atoms with E-state index in [1.54, 1.807) is 12.1 Å². The van der Waals surface area contributed by atoms with Crippen molar-refractivity contribution < 1.29 is 9.13 Å². The van der Waals surface area contributed by atoms with E-state index in [1.807, 2.05) is 0 Å². The van der Waals surface area contributed by atoms with Crippen molar-refractivity contribution in [2.75, 3.05) is 18.5 Å². The highest BCUT2D eigenvalue weighted by molar-refractivity contribution is 6.30. The maximum absolute atomic E-state index is 13.5. The van der Waals surface area contributed by atoms with Gasteiger partial charge in [0.15, 0.2) is 0 Å². The Labute approximate surface area is 99.7 Å². The molecule has 0 bridgehead atoms. The zero-order valence-corrected chi connectivity index (χ0v) is 9.77. The maximum Gasteiger partial charge on any atom is 0.147 e. The van der Waals surface area contributed by atoms with Crippen LogP contribution in [0.1, 0.15) is 19.3 Å². The first-order valence-electron chi connectivity index (χ1n) is 5.55. The Morgan fingerprint density at radius 3 is 3.00 bits per heavy atom. The zero-order valence-electron chi connectivity index (χ0n) is 9.01. The maximum atomic E-state index is 13.5. The van der Waals surface area contributed by atoms with Gasteiger partial charge in [-0.15, -0.1) is 0 Å². The molecule has 1 aliphatic rings. The molecule has 16 heavy (non-hydrogen) atoms. The van der Waals surface area contributed by atoms with Gasteiger partial charge < -0.3 is 10.1 Å². The summed E-state index contributed by atoms with van der Waals surface area (Å²) in [6, 6.07) is 5.00. The number of hydrogen-bond donors (Lipinski definition) is 1. The van der Waals surface area contributed by atoms with E-state index in [4.69, 9.17) is 16.3 Å². The highest BCUT2D eigenvalue weighted by atomic mass is 35.5. The van der Waals surface area contributed by atoms with Crippen molar-refractivity contribution >= 4 is 17.3 Å². The molecule has 0 aromatic heterocycles. The van der Waals surface area contributed by atoms with Crippen LogP contribution < -0.4 is 5.32 Å². The highest BCUT2D eigenvalue weighted by Crippen LogP contribution is 2.21. The molecule has 1 fully saturated rings. The van der Waals surface area contributed by atoms with E-state index in [9.17, 15) is 4.39 Å². The van der Waals surface area contributed by atoms with Gasteiger partial charge in [0, 0.05) is 24.3 Å². The monoisotopic (exact) mass is 243 g/mol. The lowest BCUT2D eigenvalue weighted by Crippen LogP contribution is -2.20. The van der Waals surface area contributed by atoms with Crippen LogP contribution in [0.2, 0.25) is 5.02 Å². The predicted molar refractivity (Wildman–Crippen MR) is 63.5 cm³/mol. The standard InChI is InChI=1S/C12H15ClFNO/c13-9-3-4-12(11(14)8-9)15-10-2-1-6-16-7-5-10/h3-4,8,10,15H,1-2,5-7H2. The lowest BCUT2D eigenvalue weighted by Gasteiger charge is -2.17. The van der Waals surface area contributed by atoms with Crippen LogP contribution in [0, 0.1) is 5.82 Å². The van der Waals surface area contributed by atoms with Gasteiger partial charge in [0.1, 0.15) is 5.82 Å². The number of nitrogens with one attached hydrogen (secondary N) is 1. The molecule has 1 saturated heterocycles. The summed E-state index contributed by atoms with van der Waals surface area (Å²) >= 11 is 5.70. The first kappa shape index (κ1) is 11.7. The predicted octanol–water partition coefficient (Wildman–Crippen LogP) is 3.46. The molecule has 1 N–H and O–H groups in total. The van der Waals surface area contributed by atoms with E-state index >= 15 is 0 Å². The number of rotatable bonds is 2. The third-order valence-corrected chi connectivity index (χ3v) is 2.98. The summed E-state index contributed by atoms with van der Waals surface area (Å²) in [5, 5.41) is 3.63. The molecule has 0 amide bonds. The van der Waals surface area contributed by atoms with Crippen LogP contribution in [0.25, 0.3) is 0 Å². The zero-order chi connectivity index (χ0) is 11.4. The molecule has 1 atom stereocenters. The Morgan fingerprint density at radius 2 is 2.19 bits per heavy atom. The van der Waals surface area contributed by atoms with Gasteiger partial charge in [-0.1, -0.05) is 11.6 Å². The Balaban J connectivity index is 2.01. The van der Waals surface area contributed by atoms with E-state index in [1.165, 1.54) is 6.07 Å². The molecule has 1 aromatic rings. The second-order valence-electron chi connectivity index (χ2n) is 4.01. The normalized spacial score (nSPS) is 21.5. The first-order chi connectivity index (χ1) is 7.75. The molecular weight excluding hydrogens is 229 g/mol. The summed E-state index contributed by atoms with van der Waals surface area (Å²) in [4.78, 5) is 0. The Morgan fingerprint density at radius 1 is 1.31 bits per heavy atom. The number of benzene rings is 1. The summed E-state index contributed by atoms with van der Waals surface area (Å²) in [6.45, 7) is 1.55. The van der Waals surface area contributed by atoms with Gasteiger partial charge in [-0.25, -0.2) is 4.39 Å². The molecule has 1 unspecified atom stereocenters. The van der Waals surface area contributed by atoms with Crippen molar-refractivity contribution in [2.24, 2.45) is 0 Å². The minimum atomic E-state index is -0.294. The van der Waals surface area contributed by atoms with Crippen molar-refractivity contribution in [2.45, 2.75) is 25.3 Å². The summed E-state index contributed by atoms with van der Waals surface area (Å²) in [5.74, 6) is -0.294. The SMILES string of the molecule is Fc1cc(Cl)ccc1NC1CCCOCC1. The lowest BCUT2D eigenvalue weighted by molar-refractivity contribution is 0.144. The van der Waals surface area contributed by atoms with Crippen molar-refractivity contribution in [3.05, 3.63) is 29.0 Å². The minimum Gasteiger partial charge on any atom is -0.381 e. The van der Waals surface area contributed by atoms with E-state index in [-0.39, 0.29) is 11.9 Å². The third-order valence-electron chi connectivity index (χ3n) is 2.74. The molecule has 1 aliphatic heterocycles. The molecule has 0 spiro atoms. The molecule has 2 rings (SSSR count). The van der Waals surface area contributed by atoms with Gasteiger partial charge in [0.05, 0.1) is 5.69 Å². The van der Waals surface area contributed by atoms with Crippen LogP contribution in [0.3, 0.4) is 0 Å². The smallest absolute Gasteiger partial charge is 0.147 e. The van der Waals surface area contributed by atoms with Gasteiger partial charge in [-0.05, 0) is 37.5 Å². The number of halogens is 2. The van der Waals surface area contributed by atoms with Gasteiger partial charge in [-0.2, -0.15) is 0 Å². The fourth-order valence-electron chi connectivity index (χ4n) is 1.87. The van der Waals surface area contributed by atoms with Crippen molar-refractivity contribution in [3.8, 4) is 0 Å². The number of ether oxygens (including phenoxy) is 1. The molecule has 0 aliphatic carbocycles. The molecule has 1 aromatic carbocycles. The second-order valence-corrected chi connectivity index (χ2v) is 4.45. The summed E-state index contributed by atoms with van der Waals surface area (Å²) in [6.07, 6.45) is 2.96. The van der Waals surface area contributed by atoms with E-state index in [2.05, 4.69) is 5.32 Å². The minimum absolute atomic E-state index is 0.290. The van der Waals surface area contributed by atoms with Crippen LogP contribution in [-0.4, -0.2) is 19.3 Å². The van der Waals surface area contributed by atoms with Crippen LogP contribution in [0.5, 0.6) is 0 Å². The Hall–Kier alpha value is -0.800. The van der Waals surface area contributed by atoms with E-state index in [0.717, 1.165) is 32.5 Å². The molecule has 0 radical (unpaired) electrons. The topological polar surface area (TPSA) is 21.3 Å². The molecule has 88 valence electrons. The number of hydrogen-bond acceptors (Lipinski definition) is 2. The summed E-state index contributed by atoms with van der Waals surface area (Å²) in [5.41, 5.74) is 0.524. The van der Waals surface area contributed by atoms with Crippen molar-refractivity contribution in [3.63, 3.8) is 0 Å². The fourth-order valence-corrected chi connectivity index (χ4v) is 2.03. The molecular formula is C12H15ClFNO. The quantitative estimate of drug-likeness (QED) is 0.859. The molecule has 1 heterocycles. The van der Waals surface area contributed by atoms with Gasteiger partial charge in [0.25, 0.3) is 0 Å². The van der Waals surface area contributed by atoms with E-state index < -0.39 is 0 Å². The summed E-state index contributed by atoms with van der Waals surface area (Å²) in [7, 11) is 0. The van der Waals surface area contributed by atoms with Crippen LogP contribution >= 0.6 is 11.6 Å². The lowest BCUT2D eigenvalue weighted by atomic mass is 10.1. The third kappa shape index (κ3) is 3.09.